The van der Waals surface area contributed by atoms with Crippen molar-refractivity contribution in [2.24, 2.45) is 23.3 Å². The highest BCUT2D eigenvalue weighted by Gasteiger charge is 2.32. The van der Waals surface area contributed by atoms with E-state index in [0.717, 1.165) is 12.8 Å². The number of carbonyl (C=O) groups is 2. The summed E-state index contributed by atoms with van der Waals surface area (Å²) in [5, 5.41) is 8.61. The van der Waals surface area contributed by atoms with Crippen LogP contribution in [0, 0.1) is 11.8 Å². The lowest BCUT2D eigenvalue weighted by molar-refractivity contribution is -0.138. The summed E-state index contributed by atoms with van der Waals surface area (Å²) in [5.74, 6) is -0.509. The summed E-state index contributed by atoms with van der Waals surface area (Å²) in [7, 11) is 0. The fourth-order valence-corrected chi connectivity index (χ4v) is 1.85. The molecule has 5 heteroatoms. The largest absolute Gasteiger partial charge is 0.480 e. The van der Waals surface area contributed by atoms with E-state index < -0.39 is 12.0 Å². The SMILES string of the molecule is NC(=O)CC(CCC(N)C(=O)O)C1CC1. The first-order valence-electron chi connectivity index (χ1n) is 5.27. The summed E-state index contributed by atoms with van der Waals surface area (Å²) in [6.45, 7) is 0. The molecular formula is C10H18N2O3. The quantitative estimate of drug-likeness (QED) is 0.558. The Morgan fingerprint density at radius 2 is 1.93 bits per heavy atom. The number of hydrogen-bond donors (Lipinski definition) is 3. The molecule has 0 radical (unpaired) electrons. The van der Waals surface area contributed by atoms with E-state index in [2.05, 4.69) is 0 Å². The van der Waals surface area contributed by atoms with Gasteiger partial charge in [-0.05, 0) is 37.5 Å². The summed E-state index contributed by atoms with van der Waals surface area (Å²) in [5.41, 5.74) is 10.5. The molecule has 1 aliphatic rings. The molecule has 0 aliphatic heterocycles. The maximum absolute atomic E-state index is 10.8. The van der Waals surface area contributed by atoms with Gasteiger partial charge in [0.05, 0.1) is 0 Å². The van der Waals surface area contributed by atoms with E-state index in [-0.39, 0.29) is 11.8 Å². The number of amides is 1. The lowest BCUT2D eigenvalue weighted by atomic mass is 9.92. The van der Waals surface area contributed by atoms with E-state index >= 15 is 0 Å². The number of hydrogen-bond acceptors (Lipinski definition) is 3. The minimum Gasteiger partial charge on any atom is -0.480 e. The van der Waals surface area contributed by atoms with Gasteiger partial charge in [0.15, 0.2) is 0 Å². The number of rotatable bonds is 7. The van der Waals surface area contributed by atoms with E-state index in [1.807, 2.05) is 0 Å². The number of nitrogens with two attached hydrogens (primary N) is 2. The highest BCUT2D eigenvalue weighted by Crippen LogP contribution is 2.40. The molecule has 0 heterocycles. The number of aliphatic carboxylic acids is 1. The van der Waals surface area contributed by atoms with Crippen LogP contribution in [0.2, 0.25) is 0 Å². The van der Waals surface area contributed by atoms with E-state index in [0.29, 0.717) is 25.2 Å². The minimum absolute atomic E-state index is 0.230. The molecule has 1 aliphatic carbocycles. The zero-order valence-electron chi connectivity index (χ0n) is 8.69. The summed E-state index contributed by atoms with van der Waals surface area (Å²) in [6.07, 6.45) is 3.71. The highest BCUT2D eigenvalue weighted by atomic mass is 16.4. The standard InChI is InChI=1S/C10H18N2O3/c11-8(10(14)15)4-3-7(5-9(12)13)6-1-2-6/h6-8H,1-5,11H2,(H2,12,13)(H,14,15). The molecule has 2 atom stereocenters. The van der Waals surface area contributed by atoms with Crippen LogP contribution in [-0.4, -0.2) is 23.0 Å². The molecule has 86 valence electrons. The Balaban J connectivity index is 2.31. The second kappa shape index (κ2) is 5.11. The Kier molecular flexibility index (Phi) is 4.08. The van der Waals surface area contributed by atoms with Crippen LogP contribution in [-0.2, 0) is 9.59 Å². The maximum atomic E-state index is 10.8. The van der Waals surface area contributed by atoms with E-state index in [9.17, 15) is 9.59 Å². The molecule has 5 nitrogen and oxygen atoms in total. The molecule has 0 bridgehead atoms. The molecule has 1 saturated carbocycles. The Bertz CT molecular complexity index is 251. The van der Waals surface area contributed by atoms with Gasteiger partial charge in [-0.3, -0.25) is 9.59 Å². The Hall–Kier alpha value is -1.10. The first-order chi connectivity index (χ1) is 7.00. The smallest absolute Gasteiger partial charge is 0.320 e. The van der Waals surface area contributed by atoms with Gasteiger partial charge in [-0.2, -0.15) is 0 Å². The van der Waals surface area contributed by atoms with Crippen molar-refractivity contribution in [1.82, 2.24) is 0 Å². The molecule has 0 saturated heterocycles. The van der Waals surface area contributed by atoms with Crippen molar-refractivity contribution < 1.29 is 14.7 Å². The first kappa shape index (κ1) is 12.0. The molecule has 0 aromatic heterocycles. The van der Waals surface area contributed by atoms with Crippen molar-refractivity contribution >= 4 is 11.9 Å². The monoisotopic (exact) mass is 214 g/mol. The van der Waals surface area contributed by atoms with Gasteiger partial charge in [-0.1, -0.05) is 0 Å². The zero-order chi connectivity index (χ0) is 11.4. The topological polar surface area (TPSA) is 106 Å². The Morgan fingerprint density at radius 3 is 2.33 bits per heavy atom. The predicted molar refractivity (Wildman–Crippen MR) is 54.9 cm³/mol. The summed E-state index contributed by atoms with van der Waals surface area (Å²) in [6, 6.07) is -0.820. The predicted octanol–water partition coefficient (Wildman–Crippen LogP) is 0.0801. The van der Waals surface area contributed by atoms with Gasteiger partial charge in [0, 0.05) is 6.42 Å². The van der Waals surface area contributed by atoms with Gasteiger partial charge in [0.2, 0.25) is 5.91 Å². The summed E-state index contributed by atoms with van der Waals surface area (Å²) >= 11 is 0. The third-order valence-electron chi connectivity index (χ3n) is 2.92. The van der Waals surface area contributed by atoms with Crippen molar-refractivity contribution in [3.8, 4) is 0 Å². The van der Waals surface area contributed by atoms with Crippen LogP contribution in [0.3, 0.4) is 0 Å². The van der Waals surface area contributed by atoms with Crippen LogP contribution in [0.15, 0.2) is 0 Å². The van der Waals surface area contributed by atoms with Gasteiger partial charge in [0.1, 0.15) is 6.04 Å². The third kappa shape index (κ3) is 4.29. The maximum Gasteiger partial charge on any atom is 0.320 e. The lowest BCUT2D eigenvalue weighted by Gasteiger charge is -2.15. The van der Waals surface area contributed by atoms with Gasteiger partial charge in [0.25, 0.3) is 0 Å². The molecule has 1 fully saturated rings. The fraction of sp³-hybridized carbons (Fsp3) is 0.800. The Labute approximate surface area is 88.8 Å². The normalized spacial score (nSPS) is 19.5. The van der Waals surface area contributed by atoms with Crippen molar-refractivity contribution in [3.63, 3.8) is 0 Å². The molecule has 2 unspecified atom stereocenters. The molecule has 1 amide bonds. The van der Waals surface area contributed by atoms with Gasteiger partial charge in [-0.25, -0.2) is 0 Å². The highest BCUT2D eigenvalue weighted by molar-refractivity contribution is 5.74. The zero-order valence-corrected chi connectivity index (χ0v) is 8.69. The van der Waals surface area contributed by atoms with Crippen molar-refractivity contribution in [3.05, 3.63) is 0 Å². The summed E-state index contributed by atoms with van der Waals surface area (Å²) < 4.78 is 0. The number of carbonyl (C=O) groups excluding carboxylic acids is 1. The van der Waals surface area contributed by atoms with E-state index in [4.69, 9.17) is 16.6 Å². The third-order valence-corrected chi connectivity index (χ3v) is 2.92. The van der Waals surface area contributed by atoms with Crippen LogP contribution in [0.4, 0.5) is 0 Å². The van der Waals surface area contributed by atoms with Crippen LogP contribution < -0.4 is 11.5 Å². The van der Waals surface area contributed by atoms with Crippen LogP contribution >= 0.6 is 0 Å². The number of primary amides is 1. The van der Waals surface area contributed by atoms with Crippen molar-refractivity contribution in [2.75, 3.05) is 0 Å². The average Bonchev–Trinajstić information content (AvgIpc) is 2.93. The Morgan fingerprint density at radius 1 is 1.33 bits per heavy atom. The van der Waals surface area contributed by atoms with Gasteiger partial charge >= 0.3 is 5.97 Å². The van der Waals surface area contributed by atoms with Crippen LogP contribution in [0.25, 0.3) is 0 Å². The molecule has 0 aromatic rings. The molecule has 0 spiro atoms. The molecule has 5 N–H and O–H groups in total. The summed E-state index contributed by atoms with van der Waals surface area (Å²) in [4.78, 5) is 21.3. The van der Waals surface area contributed by atoms with E-state index in [1.165, 1.54) is 0 Å². The van der Waals surface area contributed by atoms with Crippen molar-refractivity contribution in [1.29, 1.82) is 0 Å². The van der Waals surface area contributed by atoms with Crippen LogP contribution in [0.1, 0.15) is 32.1 Å². The first-order valence-corrected chi connectivity index (χ1v) is 5.27. The van der Waals surface area contributed by atoms with Crippen molar-refractivity contribution in [2.45, 2.75) is 38.1 Å². The van der Waals surface area contributed by atoms with Gasteiger partial charge < -0.3 is 16.6 Å². The number of carboxylic acid groups (broad SMARTS) is 1. The molecule has 1 rings (SSSR count). The second-order valence-electron chi connectivity index (χ2n) is 4.29. The minimum atomic E-state index is -0.983. The van der Waals surface area contributed by atoms with Gasteiger partial charge in [-0.15, -0.1) is 0 Å². The second-order valence-corrected chi connectivity index (χ2v) is 4.29. The van der Waals surface area contributed by atoms with E-state index in [1.54, 1.807) is 0 Å². The molecule has 15 heavy (non-hydrogen) atoms. The molecule has 0 aromatic carbocycles. The number of carboxylic acids is 1. The fourth-order valence-electron chi connectivity index (χ4n) is 1.85. The lowest BCUT2D eigenvalue weighted by Crippen LogP contribution is -2.31. The molecular weight excluding hydrogens is 196 g/mol. The average molecular weight is 214 g/mol. The van der Waals surface area contributed by atoms with Crippen LogP contribution in [0.5, 0.6) is 0 Å².